The van der Waals surface area contributed by atoms with Gasteiger partial charge in [0.1, 0.15) is 0 Å². The zero-order valence-electron chi connectivity index (χ0n) is 12.5. The normalized spacial score (nSPS) is 18.5. The molecule has 2 heteroatoms. The maximum Gasteiger partial charge on any atom is 0.0468 e. The number of ether oxygens (including phenoxy) is 1. The molecule has 1 atom stereocenters. The van der Waals surface area contributed by atoms with Gasteiger partial charge in [0.15, 0.2) is 0 Å². The topological polar surface area (TPSA) is 21.3 Å². The molecule has 106 valence electrons. The van der Waals surface area contributed by atoms with Crippen molar-refractivity contribution in [3.8, 4) is 0 Å². The lowest BCUT2D eigenvalue weighted by molar-refractivity contribution is 0.0605. The molecule has 0 spiro atoms. The minimum atomic E-state index is 0.494. The van der Waals surface area contributed by atoms with Crippen LogP contribution in [-0.2, 0) is 4.74 Å². The summed E-state index contributed by atoms with van der Waals surface area (Å²) < 4.78 is 5.47. The van der Waals surface area contributed by atoms with Crippen LogP contribution < -0.4 is 5.32 Å². The van der Waals surface area contributed by atoms with Gasteiger partial charge in [-0.05, 0) is 56.7 Å². The molecule has 1 unspecified atom stereocenters. The lowest BCUT2D eigenvalue weighted by Crippen LogP contribution is -2.26. The number of benzene rings is 1. The van der Waals surface area contributed by atoms with Crippen molar-refractivity contribution in [3.63, 3.8) is 0 Å². The lowest BCUT2D eigenvalue weighted by atomic mass is 9.87. The summed E-state index contributed by atoms with van der Waals surface area (Å²) in [7, 11) is 0. The van der Waals surface area contributed by atoms with Crippen LogP contribution in [0.25, 0.3) is 0 Å². The van der Waals surface area contributed by atoms with E-state index in [1.54, 1.807) is 0 Å². The number of nitrogens with one attached hydrogen (secondary N) is 1. The summed E-state index contributed by atoms with van der Waals surface area (Å²) in [5.74, 6) is 0.803. The summed E-state index contributed by atoms with van der Waals surface area (Å²) in [4.78, 5) is 0. The molecule has 0 amide bonds. The van der Waals surface area contributed by atoms with Crippen LogP contribution in [0, 0.1) is 19.8 Å². The van der Waals surface area contributed by atoms with Crippen LogP contribution in [0.3, 0.4) is 0 Å². The second-order valence-corrected chi connectivity index (χ2v) is 5.76. The predicted octanol–water partition coefficient (Wildman–Crippen LogP) is 3.77. The molecule has 0 aromatic heterocycles. The first-order chi connectivity index (χ1) is 9.20. The second kappa shape index (κ2) is 7.06. The van der Waals surface area contributed by atoms with E-state index in [2.05, 4.69) is 44.3 Å². The quantitative estimate of drug-likeness (QED) is 0.871. The number of hydrogen-bond acceptors (Lipinski definition) is 2. The van der Waals surface area contributed by atoms with E-state index < -0.39 is 0 Å². The van der Waals surface area contributed by atoms with Crippen molar-refractivity contribution in [1.82, 2.24) is 5.32 Å². The van der Waals surface area contributed by atoms with Crippen LogP contribution >= 0.6 is 0 Å². The van der Waals surface area contributed by atoms with Gasteiger partial charge in [-0.1, -0.05) is 30.7 Å². The Morgan fingerprint density at radius 3 is 2.68 bits per heavy atom. The van der Waals surface area contributed by atoms with Gasteiger partial charge >= 0.3 is 0 Å². The molecule has 1 fully saturated rings. The first-order valence-corrected chi connectivity index (χ1v) is 7.59. The average molecular weight is 261 g/mol. The fraction of sp³-hybridized carbons (Fsp3) is 0.647. The lowest BCUT2D eigenvalue weighted by Gasteiger charge is -2.28. The van der Waals surface area contributed by atoms with E-state index >= 15 is 0 Å². The van der Waals surface area contributed by atoms with E-state index in [0.29, 0.717) is 6.04 Å². The van der Waals surface area contributed by atoms with Crippen molar-refractivity contribution in [2.24, 2.45) is 5.92 Å². The van der Waals surface area contributed by atoms with Crippen LogP contribution in [0.5, 0.6) is 0 Å². The van der Waals surface area contributed by atoms with Crippen molar-refractivity contribution in [3.05, 3.63) is 34.9 Å². The average Bonchev–Trinajstić information content (AvgIpc) is 2.42. The van der Waals surface area contributed by atoms with Gasteiger partial charge in [0.25, 0.3) is 0 Å². The predicted molar refractivity (Wildman–Crippen MR) is 80.5 cm³/mol. The molecule has 1 aliphatic rings. The molecule has 0 aliphatic carbocycles. The maximum absolute atomic E-state index is 5.47. The molecular weight excluding hydrogens is 234 g/mol. The van der Waals surface area contributed by atoms with Crippen molar-refractivity contribution in [2.45, 2.75) is 46.1 Å². The zero-order valence-corrected chi connectivity index (χ0v) is 12.5. The fourth-order valence-electron chi connectivity index (χ4n) is 3.02. The third kappa shape index (κ3) is 4.05. The fourth-order valence-corrected chi connectivity index (χ4v) is 3.02. The Balaban J connectivity index is 2.11. The zero-order chi connectivity index (χ0) is 13.7. The van der Waals surface area contributed by atoms with Gasteiger partial charge in [0.2, 0.25) is 0 Å². The summed E-state index contributed by atoms with van der Waals surface area (Å²) in [6, 6.07) is 7.30. The molecule has 0 radical (unpaired) electrons. The highest BCUT2D eigenvalue weighted by molar-refractivity contribution is 5.33. The summed E-state index contributed by atoms with van der Waals surface area (Å²) in [5, 5.41) is 3.67. The van der Waals surface area contributed by atoms with Crippen LogP contribution in [0.15, 0.2) is 18.2 Å². The van der Waals surface area contributed by atoms with Crippen molar-refractivity contribution < 1.29 is 4.74 Å². The highest BCUT2D eigenvalue weighted by Gasteiger charge is 2.21. The minimum Gasteiger partial charge on any atom is -0.381 e. The number of aryl methyl sites for hydroxylation is 2. The molecule has 1 N–H and O–H groups in total. The third-order valence-corrected chi connectivity index (χ3v) is 4.17. The molecule has 0 saturated carbocycles. The molecule has 1 aliphatic heterocycles. The van der Waals surface area contributed by atoms with Gasteiger partial charge in [-0.3, -0.25) is 0 Å². The molecule has 0 bridgehead atoms. The van der Waals surface area contributed by atoms with Gasteiger partial charge < -0.3 is 10.1 Å². The highest BCUT2D eigenvalue weighted by atomic mass is 16.5. The van der Waals surface area contributed by atoms with Gasteiger partial charge in [0, 0.05) is 19.3 Å². The Labute approximate surface area is 117 Å². The van der Waals surface area contributed by atoms with Gasteiger partial charge in [0.05, 0.1) is 0 Å². The highest BCUT2D eigenvalue weighted by Crippen LogP contribution is 2.29. The second-order valence-electron chi connectivity index (χ2n) is 5.76. The largest absolute Gasteiger partial charge is 0.381 e. The Bertz CT molecular complexity index is 396. The monoisotopic (exact) mass is 261 g/mol. The van der Waals surface area contributed by atoms with Crippen LogP contribution in [0.1, 0.15) is 48.9 Å². The molecule has 19 heavy (non-hydrogen) atoms. The Hall–Kier alpha value is -0.860. The van der Waals surface area contributed by atoms with E-state index in [1.807, 2.05) is 0 Å². The molecule has 2 rings (SSSR count). The third-order valence-electron chi connectivity index (χ3n) is 4.17. The summed E-state index contributed by atoms with van der Waals surface area (Å²) in [6.07, 6.45) is 3.67. The van der Waals surface area contributed by atoms with E-state index in [1.165, 1.54) is 36.0 Å². The minimum absolute atomic E-state index is 0.494. The van der Waals surface area contributed by atoms with E-state index in [4.69, 9.17) is 4.74 Å². The standard InChI is InChI=1S/C17H27NO/c1-4-18-17(12-15-7-9-19-10-8-15)16-11-13(2)5-6-14(16)3/h5-6,11,15,17-18H,4,7-10,12H2,1-3H3. The van der Waals surface area contributed by atoms with Crippen LogP contribution in [0.2, 0.25) is 0 Å². The SMILES string of the molecule is CCNC(CC1CCOCC1)c1cc(C)ccc1C. The van der Waals surface area contributed by atoms with Crippen molar-refractivity contribution >= 4 is 0 Å². The maximum atomic E-state index is 5.47. The Kier molecular flexibility index (Phi) is 5.41. The van der Waals surface area contributed by atoms with Gasteiger partial charge in [-0.2, -0.15) is 0 Å². The molecule has 1 aromatic carbocycles. The number of hydrogen-bond donors (Lipinski definition) is 1. The first-order valence-electron chi connectivity index (χ1n) is 7.59. The summed E-state index contributed by atoms with van der Waals surface area (Å²) in [6.45, 7) is 9.51. The number of rotatable bonds is 5. The van der Waals surface area contributed by atoms with E-state index in [-0.39, 0.29) is 0 Å². The Morgan fingerprint density at radius 2 is 2.00 bits per heavy atom. The first kappa shape index (κ1) is 14.5. The molecule has 2 nitrogen and oxygen atoms in total. The van der Waals surface area contributed by atoms with Gasteiger partial charge in [-0.15, -0.1) is 0 Å². The molecule has 1 saturated heterocycles. The summed E-state index contributed by atoms with van der Waals surface area (Å²) >= 11 is 0. The van der Waals surface area contributed by atoms with E-state index in [0.717, 1.165) is 25.7 Å². The van der Waals surface area contributed by atoms with Crippen LogP contribution in [-0.4, -0.2) is 19.8 Å². The van der Waals surface area contributed by atoms with Crippen LogP contribution in [0.4, 0.5) is 0 Å². The Morgan fingerprint density at radius 1 is 1.26 bits per heavy atom. The smallest absolute Gasteiger partial charge is 0.0468 e. The van der Waals surface area contributed by atoms with E-state index in [9.17, 15) is 0 Å². The molecular formula is C17H27NO. The molecule has 1 aromatic rings. The van der Waals surface area contributed by atoms with Crippen molar-refractivity contribution in [1.29, 1.82) is 0 Å². The molecule has 1 heterocycles. The summed E-state index contributed by atoms with van der Waals surface area (Å²) in [5.41, 5.74) is 4.24. The van der Waals surface area contributed by atoms with Crippen molar-refractivity contribution in [2.75, 3.05) is 19.8 Å². The van der Waals surface area contributed by atoms with Gasteiger partial charge in [-0.25, -0.2) is 0 Å².